The van der Waals surface area contributed by atoms with E-state index in [4.69, 9.17) is 13.9 Å². The van der Waals surface area contributed by atoms with Crippen molar-refractivity contribution in [3.8, 4) is 5.75 Å². The van der Waals surface area contributed by atoms with Crippen molar-refractivity contribution < 1.29 is 23.4 Å². The molecule has 0 saturated heterocycles. The van der Waals surface area contributed by atoms with E-state index in [0.29, 0.717) is 29.7 Å². The summed E-state index contributed by atoms with van der Waals surface area (Å²) in [5.74, 6) is -0.134. The van der Waals surface area contributed by atoms with Gasteiger partial charge in [-0.15, -0.1) is 0 Å². The Kier molecular flexibility index (Phi) is 12.1. The smallest absolute Gasteiger partial charge is 0.200 e. The summed E-state index contributed by atoms with van der Waals surface area (Å²) in [7, 11) is -1.80. The molecule has 0 heterocycles. The van der Waals surface area contributed by atoms with Crippen LogP contribution in [0.2, 0.25) is 16.6 Å². The maximum atomic E-state index is 13.9. The van der Waals surface area contributed by atoms with Crippen molar-refractivity contribution in [2.45, 2.75) is 97.1 Å². The molecule has 0 fully saturated rings. The summed E-state index contributed by atoms with van der Waals surface area (Å²) in [6.45, 7) is 17.3. The van der Waals surface area contributed by atoms with Crippen LogP contribution in [0.1, 0.15) is 73.3 Å². The summed E-state index contributed by atoms with van der Waals surface area (Å²) in [5, 5.41) is 10.2. The van der Waals surface area contributed by atoms with E-state index in [9.17, 15) is 9.50 Å². The van der Waals surface area contributed by atoms with Crippen LogP contribution >= 0.6 is 0 Å². The summed E-state index contributed by atoms with van der Waals surface area (Å²) in [4.78, 5) is 0. The summed E-state index contributed by atoms with van der Waals surface area (Å²) < 4.78 is 31.2. The SMILES string of the molecule is CCOc1ccc(COCC(O)CCCCO[Si](C(C)C)(C(C)C)C(C)C)cc1F. The highest BCUT2D eigenvalue weighted by Gasteiger charge is 2.44. The first-order chi connectivity index (χ1) is 14.1. The standard InChI is InChI=1S/C24H43FO4Si/c1-8-28-24-13-12-21(15-23(24)25)16-27-17-22(26)11-9-10-14-29-30(18(2)3,19(4)5)20(6)7/h12-13,15,18-20,22,26H,8-11,14,16-17H2,1-7H3. The van der Waals surface area contributed by atoms with Crippen molar-refractivity contribution in [3.63, 3.8) is 0 Å². The molecule has 1 unspecified atom stereocenters. The molecule has 0 aliphatic rings. The van der Waals surface area contributed by atoms with Gasteiger partial charge in [-0.25, -0.2) is 4.39 Å². The second-order valence-corrected chi connectivity index (χ2v) is 14.5. The summed E-state index contributed by atoms with van der Waals surface area (Å²) in [6.07, 6.45) is 2.02. The van der Waals surface area contributed by atoms with Gasteiger partial charge < -0.3 is 19.0 Å². The second kappa shape index (κ2) is 13.5. The molecular formula is C24H43FO4Si. The highest BCUT2D eigenvalue weighted by molar-refractivity contribution is 6.77. The van der Waals surface area contributed by atoms with Crippen molar-refractivity contribution in [3.05, 3.63) is 29.6 Å². The number of benzene rings is 1. The van der Waals surface area contributed by atoms with E-state index < -0.39 is 14.4 Å². The zero-order valence-electron chi connectivity index (χ0n) is 20.0. The van der Waals surface area contributed by atoms with Crippen LogP contribution in [-0.4, -0.2) is 39.3 Å². The molecule has 174 valence electrons. The van der Waals surface area contributed by atoms with Crippen molar-refractivity contribution in [1.29, 1.82) is 0 Å². The number of ether oxygens (including phenoxy) is 2. The topological polar surface area (TPSA) is 47.9 Å². The molecule has 1 aromatic carbocycles. The first-order valence-corrected chi connectivity index (χ1v) is 13.6. The molecule has 0 radical (unpaired) electrons. The summed E-state index contributed by atoms with van der Waals surface area (Å²) >= 11 is 0. The van der Waals surface area contributed by atoms with E-state index in [1.54, 1.807) is 12.1 Å². The number of rotatable bonds is 15. The molecule has 1 atom stereocenters. The number of aliphatic hydroxyl groups is 1. The van der Waals surface area contributed by atoms with Crippen LogP contribution in [0.3, 0.4) is 0 Å². The van der Waals surface area contributed by atoms with E-state index in [2.05, 4.69) is 41.5 Å². The van der Waals surface area contributed by atoms with Gasteiger partial charge in [-0.2, -0.15) is 0 Å². The highest BCUT2D eigenvalue weighted by atomic mass is 28.4. The molecule has 0 aromatic heterocycles. The third-order valence-corrected chi connectivity index (χ3v) is 12.0. The molecule has 1 rings (SSSR count). The van der Waals surface area contributed by atoms with Crippen LogP contribution < -0.4 is 4.74 Å². The Bertz CT molecular complexity index is 585. The maximum Gasteiger partial charge on any atom is 0.200 e. The molecule has 4 nitrogen and oxygen atoms in total. The van der Waals surface area contributed by atoms with Gasteiger partial charge in [0.05, 0.1) is 25.9 Å². The van der Waals surface area contributed by atoms with Crippen molar-refractivity contribution in [1.82, 2.24) is 0 Å². The van der Waals surface area contributed by atoms with E-state index in [-0.39, 0.29) is 24.8 Å². The Hall–Kier alpha value is -0.953. The van der Waals surface area contributed by atoms with Gasteiger partial charge in [0.1, 0.15) is 0 Å². The van der Waals surface area contributed by atoms with Crippen LogP contribution in [0.4, 0.5) is 4.39 Å². The quantitative estimate of drug-likeness (QED) is 0.250. The Morgan fingerprint density at radius 1 is 1.00 bits per heavy atom. The van der Waals surface area contributed by atoms with Crippen molar-refractivity contribution in [2.75, 3.05) is 19.8 Å². The third kappa shape index (κ3) is 7.95. The lowest BCUT2D eigenvalue weighted by molar-refractivity contribution is 0.0228. The number of unbranched alkanes of at least 4 members (excludes halogenated alkanes) is 1. The van der Waals surface area contributed by atoms with Gasteiger partial charge in [-0.1, -0.05) is 47.6 Å². The Labute approximate surface area is 184 Å². The van der Waals surface area contributed by atoms with Gasteiger partial charge in [-0.3, -0.25) is 0 Å². The lowest BCUT2D eigenvalue weighted by Crippen LogP contribution is -2.47. The fourth-order valence-electron chi connectivity index (χ4n) is 4.53. The average molecular weight is 443 g/mol. The molecule has 0 aliphatic carbocycles. The molecule has 0 spiro atoms. The van der Waals surface area contributed by atoms with E-state index >= 15 is 0 Å². The molecular weight excluding hydrogens is 399 g/mol. The van der Waals surface area contributed by atoms with Gasteiger partial charge >= 0.3 is 0 Å². The molecule has 1 aromatic rings. The number of hydrogen-bond acceptors (Lipinski definition) is 4. The zero-order valence-corrected chi connectivity index (χ0v) is 21.0. The first-order valence-electron chi connectivity index (χ1n) is 11.5. The number of halogens is 1. The fourth-order valence-corrected chi connectivity index (χ4v) is 10.0. The van der Waals surface area contributed by atoms with Crippen LogP contribution in [-0.2, 0) is 15.8 Å². The van der Waals surface area contributed by atoms with Crippen LogP contribution in [0.5, 0.6) is 5.75 Å². The summed E-state index contributed by atoms with van der Waals surface area (Å²) in [5.41, 5.74) is 2.49. The van der Waals surface area contributed by atoms with Gasteiger partial charge in [0.2, 0.25) is 0 Å². The Morgan fingerprint density at radius 2 is 1.63 bits per heavy atom. The van der Waals surface area contributed by atoms with Crippen molar-refractivity contribution >= 4 is 8.32 Å². The Balaban J connectivity index is 2.30. The number of hydrogen-bond donors (Lipinski definition) is 1. The lowest BCUT2D eigenvalue weighted by atomic mass is 10.1. The first kappa shape index (κ1) is 27.1. The second-order valence-electron chi connectivity index (χ2n) is 9.03. The van der Waals surface area contributed by atoms with Crippen molar-refractivity contribution in [2.24, 2.45) is 0 Å². The van der Waals surface area contributed by atoms with E-state index in [1.807, 2.05) is 6.92 Å². The minimum absolute atomic E-state index is 0.248. The minimum Gasteiger partial charge on any atom is -0.491 e. The average Bonchev–Trinajstić information content (AvgIpc) is 2.66. The van der Waals surface area contributed by atoms with Gasteiger partial charge in [0.15, 0.2) is 19.9 Å². The molecule has 30 heavy (non-hydrogen) atoms. The number of aliphatic hydroxyl groups excluding tert-OH is 1. The summed E-state index contributed by atoms with van der Waals surface area (Å²) in [6, 6.07) is 4.82. The van der Waals surface area contributed by atoms with Crippen LogP contribution in [0.15, 0.2) is 18.2 Å². The van der Waals surface area contributed by atoms with E-state index in [0.717, 1.165) is 25.0 Å². The van der Waals surface area contributed by atoms with E-state index in [1.165, 1.54) is 6.07 Å². The van der Waals surface area contributed by atoms with Crippen LogP contribution in [0, 0.1) is 5.82 Å². The third-order valence-electron chi connectivity index (χ3n) is 5.87. The molecule has 6 heteroatoms. The van der Waals surface area contributed by atoms with Gasteiger partial charge in [0, 0.05) is 6.61 Å². The molecule has 0 amide bonds. The largest absolute Gasteiger partial charge is 0.491 e. The maximum absolute atomic E-state index is 13.9. The monoisotopic (exact) mass is 442 g/mol. The fraction of sp³-hybridized carbons (Fsp3) is 0.750. The van der Waals surface area contributed by atoms with Crippen LogP contribution in [0.25, 0.3) is 0 Å². The molecule has 0 saturated carbocycles. The normalized spacial score (nSPS) is 13.5. The predicted octanol–water partition coefficient (Wildman–Crippen LogP) is 6.46. The molecule has 0 aliphatic heterocycles. The van der Waals surface area contributed by atoms with Gasteiger partial charge in [0.25, 0.3) is 0 Å². The predicted molar refractivity (Wildman–Crippen MR) is 124 cm³/mol. The zero-order chi connectivity index (χ0) is 22.7. The molecule has 1 N–H and O–H groups in total. The minimum atomic E-state index is -1.80. The highest BCUT2D eigenvalue weighted by Crippen LogP contribution is 2.42. The molecule has 0 bridgehead atoms. The Morgan fingerprint density at radius 3 is 2.17 bits per heavy atom. The lowest BCUT2D eigenvalue weighted by Gasteiger charge is -2.42. The van der Waals surface area contributed by atoms with Gasteiger partial charge in [-0.05, 0) is 60.5 Å².